The third-order valence-corrected chi connectivity index (χ3v) is 2.69. The Labute approximate surface area is 84.2 Å². The van der Waals surface area contributed by atoms with E-state index in [2.05, 4.69) is 21.8 Å². The summed E-state index contributed by atoms with van der Waals surface area (Å²) in [7, 11) is 0. The van der Waals surface area contributed by atoms with Crippen molar-refractivity contribution in [2.75, 3.05) is 13.1 Å². The fraction of sp³-hybridized carbons (Fsp3) is 0.600. The molecule has 0 spiro atoms. The van der Waals surface area contributed by atoms with Crippen LogP contribution in [0.15, 0.2) is 6.20 Å². The summed E-state index contributed by atoms with van der Waals surface area (Å²) in [6.07, 6.45) is 2.95. The summed E-state index contributed by atoms with van der Waals surface area (Å²) >= 11 is 0. The Bertz CT molecular complexity index is 324. The van der Waals surface area contributed by atoms with Crippen molar-refractivity contribution in [2.24, 2.45) is 5.73 Å². The highest BCUT2D eigenvalue weighted by atomic mass is 15.1. The second kappa shape index (κ2) is 4.02. The highest BCUT2D eigenvalue weighted by Gasteiger charge is 2.16. The van der Waals surface area contributed by atoms with Crippen LogP contribution in [-0.4, -0.2) is 28.0 Å². The van der Waals surface area contributed by atoms with E-state index in [0.29, 0.717) is 6.54 Å². The lowest BCUT2D eigenvalue weighted by Gasteiger charge is -2.26. The van der Waals surface area contributed by atoms with Gasteiger partial charge in [0.2, 0.25) is 0 Å². The van der Waals surface area contributed by atoms with Gasteiger partial charge in [-0.25, -0.2) is 9.97 Å². The van der Waals surface area contributed by atoms with E-state index in [1.54, 1.807) is 0 Å². The maximum absolute atomic E-state index is 5.50. The molecule has 0 aliphatic carbocycles. The van der Waals surface area contributed by atoms with E-state index >= 15 is 0 Å². The van der Waals surface area contributed by atoms with Crippen molar-refractivity contribution in [2.45, 2.75) is 26.4 Å². The van der Waals surface area contributed by atoms with Gasteiger partial charge in [-0.1, -0.05) is 6.92 Å². The molecule has 2 N–H and O–H groups in total. The molecule has 0 aromatic carbocycles. The van der Waals surface area contributed by atoms with Crippen molar-refractivity contribution in [1.29, 1.82) is 0 Å². The summed E-state index contributed by atoms with van der Waals surface area (Å²) in [5, 5.41) is 0. The Morgan fingerprint density at radius 1 is 1.57 bits per heavy atom. The fourth-order valence-electron chi connectivity index (χ4n) is 1.78. The molecule has 0 radical (unpaired) electrons. The van der Waals surface area contributed by atoms with Crippen LogP contribution in [-0.2, 0) is 19.5 Å². The second-order valence-electron chi connectivity index (χ2n) is 3.58. The molecule has 76 valence electrons. The standard InChI is InChI=1S/C10H16N4/c1-2-14-4-3-9-8(7-14)6-12-10(5-11)13-9/h6H,2-5,7,11H2,1H3. The van der Waals surface area contributed by atoms with Crippen LogP contribution in [0.3, 0.4) is 0 Å². The van der Waals surface area contributed by atoms with Gasteiger partial charge in [-0.2, -0.15) is 0 Å². The van der Waals surface area contributed by atoms with Crippen molar-refractivity contribution in [1.82, 2.24) is 14.9 Å². The average Bonchev–Trinajstić information content (AvgIpc) is 2.27. The van der Waals surface area contributed by atoms with Gasteiger partial charge < -0.3 is 5.73 Å². The van der Waals surface area contributed by atoms with Crippen LogP contribution in [0.5, 0.6) is 0 Å². The molecule has 0 fully saturated rings. The Kier molecular flexibility index (Phi) is 2.74. The lowest BCUT2D eigenvalue weighted by atomic mass is 10.1. The van der Waals surface area contributed by atoms with Crippen LogP contribution >= 0.6 is 0 Å². The van der Waals surface area contributed by atoms with E-state index in [0.717, 1.165) is 31.9 Å². The number of rotatable bonds is 2. The summed E-state index contributed by atoms with van der Waals surface area (Å²) in [6, 6.07) is 0. The van der Waals surface area contributed by atoms with Crippen molar-refractivity contribution in [3.8, 4) is 0 Å². The molecule has 0 unspecified atom stereocenters. The average molecular weight is 192 g/mol. The molecule has 0 saturated heterocycles. The predicted octanol–water partition coefficient (Wildman–Crippen LogP) is 0.313. The maximum Gasteiger partial charge on any atom is 0.142 e. The number of hydrogen-bond donors (Lipinski definition) is 1. The van der Waals surface area contributed by atoms with E-state index in [4.69, 9.17) is 5.73 Å². The number of fused-ring (bicyclic) bond motifs is 1. The van der Waals surface area contributed by atoms with Gasteiger partial charge in [0, 0.05) is 37.0 Å². The summed E-state index contributed by atoms with van der Waals surface area (Å²) < 4.78 is 0. The van der Waals surface area contributed by atoms with Crippen molar-refractivity contribution in [3.63, 3.8) is 0 Å². The summed E-state index contributed by atoms with van der Waals surface area (Å²) in [5.41, 5.74) is 7.95. The monoisotopic (exact) mass is 192 g/mol. The van der Waals surface area contributed by atoms with Gasteiger partial charge >= 0.3 is 0 Å². The largest absolute Gasteiger partial charge is 0.324 e. The second-order valence-corrected chi connectivity index (χ2v) is 3.58. The highest BCUT2D eigenvalue weighted by molar-refractivity contribution is 5.20. The molecule has 0 amide bonds. The molecule has 4 heteroatoms. The van der Waals surface area contributed by atoms with Gasteiger partial charge in [0.1, 0.15) is 5.82 Å². The van der Waals surface area contributed by atoms with E-state index < -0.39 is 0 Å². The smallest absolute Gasteiger partial charge is 0.142 e. The van der Waals surface area contributed by atoms with E-state index in [1.807, 2.05) is 6.20 Å². The lowest BCUT2D eigenvalue weighted by molar-refractivity contribution is 0.265. The zero-order chi connectivity index (χ0) is 9.97. The zero-order valence-electron chi connectivity index (χ0n) is 8.53. The molecule has 0 saturated carbocycles. The van der Waals surface area contributed by atoms with Crippen LogP contribution in [0.4, 0.5) is 0 Å². The maximum atomic E-state index is 5.50. The van der Waals surface area contributed by atoms with Crippen LogP contribution in [0.1, 0.15) is 24.0 Å². The SMILES string of the molecule is CCN1CCc2nc(CN)ncc2C1. The fourth-order valence-corrected chi connectivity index (χ4v) is 1.78. The van der Waals surface area contributed by atoms with E-state index in [9.17, 15) is 0 Å². The first-order chi connectivity index (χ1) is 6.83. The predicted molar refractivity (Wildman–Crippen MR) is 54.6 cm³/mol. The van der Waals surface area contributed by atoms with Gasteiger partial charge in [0.05, 0.1) is 6.54 Å². The minimum absolute atomic E-state index is 0.435. The first-order valence-electron chi connectivity index (χ1n) is 5.09. The molecule has 0 bridgehead atoms. The molecule has 2 rings (SSSR count). The van der Waals surface area contributed by atoms with Crippen LogP contribution < -0.4 is 5.73 Å². The number of hydrogen-bond acceptors (Lipinski definition) is 4. The van der Waals surface area contributed by atoms with Crippen molar-refractivity contribution >= 4 is 0 Å². The quantitative estimate of drug-likeness (QED) is 0.733. The minimum atomic E-state index is 0.435. The van der Waals surface area contributed by atoms with Crippen molar-refractivity contribution in [3.05, 3.63) is 23.3 Å². The van der Waals surface area contributed by atoms with Crippen LogP contribution in [0.25, 0.3) is 0 Å². The molecule has 1 aliphatic rings. The first kappa shape index (κ1) is 9.55. The zero-order valence-corrected chi connectivity index (χ0v) is 8.53. The molecule has 4 nitrogen and oxygen atoms in total. The van der Waals surface area contributed by atoms with E-state index in [1.165, 1.54) is 11.3 Å². The Hall–Kier alpha value is -1.00. The lowest BCUT2D eigenvalue weighted by Crippen LogP contribution is -2.31. The van der Waals surface area contributed by atoms with E-state index in [-0.39, 0.29) is 0 Å². The van der Waals surface area contributed by atoms with Crippen LogP contribution in [0.2, 0.25) is 0 Å². The highest BCUT2D eigenvalue weighted by Crippen LogP contribution is 2.15. The molecule has 1 aromatic heterocycles. The molecule has 2 heterocycles. The van der Waals surface area contributed by atoms with Gasteiger partial charge in [-0.3, -0.25) is 4.90 Å². The van der Waals surface area contributed by atoms with Gasteiger partial charge in [-0.15, -0.1) is 0 Å². The molecule has 14 heavy (non-hydrogen) atoms. The number of nitrogens with two attached hydrogens (primary N) is 1. The summed E-state index contributed by atoms with van der Waals surface area (Å²) in [6.45, 7) is 5.80. The molecule has 1 aromatic rings. The number of nitrogens with zero attached hydrogens (tertiary/aromatic N) is 3. The van der Waals surface area contributed by atoms with Gasteiger partial charge in [0.15, 0.2) is 0 Å². The van der Waals surface area contributed by atoms with Gasteiger partial charge in [0.25, 0.3) is 0 Å². The molecule has 0 atom stereocenters. The van der Waals surface area contributed by atoms with Gasteiger partial charge in [-0.05, 0) is 6.54 Å². The Balaban J connectivity index is 2.23. The molecular formula is C10H16N4. The minimum Gasteiger partial charge on any atom is -0.324 e. The number of likely N-dealkylation sites (N-methyl/N-ethyl adjacent to an activating group) is 1. The van der Waals surface area contributed by atoms with Crippen LogP contribution in [0, 0.1) is 0 Å². The van der Waals surface area contributed by atoms with Crippen molar-refractivity contribution < 1.29 is 0 Å². The molecule has 1 aliphatic heterocycles. The first-order valence-corrected chi connectivity index (χ1v) is 5.09. The Morgan fingerprint density at radius 2 is 2.43 bits per heavy atom. The third kappa shape index (κ3) is 1.76. The number of aromatic nitrogens is 2. The summed E-state index contributed by atoms with van der Waals surface area (Å²) in [5.74, 6) is 0.758. The third-order valence-electron chi connectivity index (χ3n) is 2.69. The molecular weight excluding hydrogens is 176 g/mol. The summed E-state index contributed by atoms with van der Waals surface area (Å²) in [4.78, 5) is 11.1. The Morgan fingerprint density at radius 3 is 3.14 bits per heavy atom. The topological polar surface area (TPSA) is 55.0 Å². The normalized spacial score (nSPS) is 16.7.